The van der Waals surface area contributed by atoms with Gasteiger partial charge in [-0.25, -0.2) is 0 Å². The smallest absolute Gasteiger partial charge is 0.0786 e. The number of benzene rings is 3. The van der Waals surface area contributed by atoms with Crippen molar-refractivity contribution in [3.8, 4) is 0 Å². The molecule has 0 spiro atoms. The first-order valence-corrected chi connectivity index (χ1v) is 24.7. The molecule has 3 aromatic carbocycles. The molecule has 0 amide bonds. The van der Waals surface area contributed by atoms with Gasteiger partial charge in [-0.1, -0.05) is 93.1 Å². The highest BCUT2D eigenvalue weighted by atomic mass is 16.5. The van der Waals surface area contributed by atoms with Gasteiger partial charge in [0.1, 0.15) is 0 Å². The Labute approximate surface area is 349 Å². The van der Waals surface area contributed by atoms with Crippen LogP contribution in [0.1, 0.15) is 116 Å². The van der Waals surface area contributed by atoms with E-state index in [1.807, 2.05) is 0 Å². The molecule has 3 aliphatic heterocycles. The Balaban J connectivity index is 0.958. The third kappa shape index (κ3) is 6.12. The summed E-state index contributed by atoms with van der Waals surface area (Å²) >= 11 is 0. The maximum absolute atomic E-state index is 7.45. The minimum absolute atomic E-state index is 0.354. The first kappa shape index (κ1) is 36.8. The zero-order valence-corrected chi connectivity index (χ0v) is 35.1. The van der Waals surface area contributed by atoms with Gasteiger partial charge in [0, 0.05) is 35.2 Å². The number of nitrogens with zero attached hydrogens (tertiary/aromatic N) is 3. The molecule has 16 unspecified atom stereocenters. The van der Waals surface area contributed by atoms with Crippen molar-refractivity contribution >= 4 is 17.1 Å². The quantitative estimate of drug-likeness (QED) is 0.268. The van der Waals surface area contributed by atoms with Crippen molar-refractivity contribution < 1.29 is 4.74 Å². The Morgan fingerprint density at radius 3 is 1.40 bits per heavy atom. The van der Waals surface area contributed by atoms with Crippen LogP contribution in [0.4, 0.5) is 17.1 Å². The molecule has 12 rings (SSSR count). The number of piperazine rings is 1. The first-order chi connectivity index (χ1) is 28.8. The minimum Gasteiger partial charge on any atom is -0.371 e. The molecule has 9 aliphatic rings. The van der Waals surface area contributed by atoms with E-state index in [2.05, 4.69) is 111 Å². The van der Waals surface area contributed by atoms with Gasteiger partial charge in [-0.2, -0.15) is 0 Å². The molecule has 3 heterocycles. The fourth-order valence-corrected chi connectivity index (χ4v) is 16.7. The highest BCUT2D eigenvalue weighted by Crippen LogP contribution is 2.60. The maximum atomic E-state index is 7.45. The zero-order valence-electron chi connectivity index (χ0n) is 35.1. The Morgan fingerprint density at radius 1 is 0.362 bits per heavy atom. The van der Waals surface area contributed by atoms with E-state index in [0.29, 0.717) is 54.5 Å². The fraction of sp³-hybridized carbons (Fsp3) is 0.660. The van der Waals surface area contributed by atoms with E-state index >= 15 is 0 Å². The number of nitrogens with one attached hydrogen (secondary N) is 1. The lowest BCUT2D eigenvalue weighted by molar-refractivity contribution is -0.143. The first-order valence-electron chi connectivity index (χ1n) is 24.7. The molecule has 1 N–H and O–H groups in total. The summed E-state index contributed by atoms with van der Waals surface area (Å²) < 4.78 is 7.45. The van der Waals surface area contributed by atoms with Gasteiger partial charge >= 0.3 is 0 Å². The van der Waals surface area contributed by atoms with Crippen LogP contribution in [0.25, 0.3) is 0 Å². The minimum atomic E-state index is 0.354. The highest BCUT2D eigenvalue weighted by Gasteiger charge is 2.61. The van der Waals surface area contributed by atoms with Gasteiger partial charge in [-0.15, -0.1) is 0 Å². The van der Waals surface area contributed by atoms with Crippen LogP contribution in [0.2, 0.25) is 0 Å². The topological polar surface area (TPSA) is 31.0 Å². The predicted molar refractivity (Wildman–Crippen MR) is 237 cm³/mol. The fourth-order valence-electron chi connectivity index (χ4n) is 16.7. The molecule has 0 bridgehead atoms. The van der Waals surface area contributed by atoms with Crippen molar-refractivity contribution in [2.45, 2.75) is 170 Å². The van der Waals surface area contributed by atoms with Gasteiger partial charge in [0.2, 0.25) is 0 Å². The second-order valence-corrected chi connectivity index (χ2v) is 20.9. The Bertz CT molecular complexity index is 1840. The van der Waals surface area contributed by atoms with Gasteiger partial charge in [0.15, 0.2) is 0 Å². The summed E-state index contributed by atoms with van der Waals surface area (Å²) in [5, 5.41) is 4.41. The van der Waals surface area contributed by atoms with E-state index < -0.39 is 0 Å². The molecule has 9 fully saturated rings. The van der Waals surface area contributed by atoms with Gasteiger partial charge in [0.05, 0.1) is 36.4 Å². The Morgan fingerprint density at radius 2 is 0.810 bits per heavy atom. The van der Waals surface area contributed by atoms with Gasteiger partial charge < -0.3 is 24.8 Å². The van der Waals surface area contributed by atoms with Gasteiger partial charge in [0.25, 0.3) is 0 Å². The van der Waals surface area contributed by atoms with E-state index in [1.165, 1.54) is 139 Å². The van der Waals surface area contributed by atoms with Crippen molar-refractivity contribution in [2.75, 3.05) is 21.2 Å². The summed E-state index contributed by atoms with van der Waals surface area (Å²) in [7, 11) is 0. The Kier molecular flexibility index (Phi) is 9.81. The number of piperidine rings is 1. The molecular weight excluding hydrogens is 709 g/mol. The standard InChI is InChI=1S/C53H70N4O/c1-4-17-35(18-5-1)55-45-26-12-13-27-46(45)56(36-19-6-2-7-20-36)49-32-43-40-25-16-30-54-53(40)44-34-52-50(33-42(44)39-24-11-10-23-38(39)41(43)31-48(49)55)57(37-21-8-3-9-22-37)47-28-14-15-29-51(47)58-52/h1-9,17-22,38-54H,10-16,23-34H2. The van der Waals surface area contributed by atoms with Crippen LogP contribution in [-0.4, -0.2) is 61.0 Å². The molecule has 308 valence electrons. The van der Waals surface area contributed by atoms with Crippen LogP contribution in [0, 0.1) is 41.4 Å². The molecular formula is C53H70N4O. The molecule has 5 heteroatoms. The second-order valence-electron chi connectivity index (χ2n) is 20.9. The summed E-state index contributed by atoms with van der Waals surface area (Å²) in [6.07, 6.45) is 25.3. The van der Waals surface area contributed by atoms with Crippen molar-refractivity contribution in [2.24, 2.45) is 41.4 Å². The molecule has 3 saturated heterocycles. The number of para-hydroxylation sites is 3. The third-order valence-corrected chi connectivity index (χ3v) is 18.6. The second kappa shape index (κ2) is 15.5. The molecule has 16 atom stereocenters. The summed E-state index contributed by atoms with van der Waals surface area (Å²) in [5.41, 5.74) is 4.47. The summed E-state index contributed by atoms with van der Waals surface area (Å²) in [6, 6.07) is 39.3. The summed E-state index contributed by atoms with van der Waals surface area (Å²) in [5.74, 6) is 5.61. The number of morpholine rings is 1. The normalized spacial score (nSPS) is 43.3. The number of hydrogen-bond donors (Lipinski definition) is 1. The molecule has 5 nitrogen and oxygen atoms in total. The van der Waals surface area contributed by atoms with Crippen LogP contribution in [0.15, 0.2) is 91.0 Å². The molecule has 3 aromatic rings. The van der Waals surface area contributed by atoms with Crippen LogP contribution >= 0.6 is 0 Å². The van der Waals surface area contributed by atoms with Crippen LogP contribution < -0.4 is 20.0 Å². The number of ether oxygens (including phenoxy) is 1. The number of anilines is 3. The van der Waals surface area contributed by atoms with E-state index in [4.69, 9.17) is 4.74 Å². The maximum Gasteiger partial charge on any atom is 0.0786 e. The number of rotatable bonds is 3. The summed E-state index contributed by atoms with van der Waals surface area (Å²) in [6.45, 7) is 1.21. The van der Waals surface area contributed by atoms with Crippen LogP contribution in [0.5, 0.6) is 0 Å². The lowest BCUT2D eigenvalue weighted by Crippen LogP contribution is -2.73. The summed E-state index contributed by atoms with van der Waals surface area (Å²) in [4.78, 5) is 9.11. The molecule has 6 saturated carbocycles. The number of fused-ring (bicyclic) bond motifs is 12. The lowest BCUT2D eigenvalue weighted by atomic mass is 9.48. The third-order valence-electron chi connectivity index (χ3n) is 18.6. The van der Waals surface area contributed by atoms with E-state index in [-0.39, 0.29) is 0 Å². The molecule has 0 radical (unpaired) electrons. The molecule has 58 heavy (non-hydrogen) atoms. The SMILES string of the molecule is c1ccc(N2C3CCCCC3OC3CC4C(CC32)C2CCCCC2C2CC3C(CC2C2CCCNC24)N(c2ccccc2)C2CCCCC2N3c2ccccc2)cc1. The van der Waals surface area contributed by atoms with E-state index in [1.54, 1.807) is 0 Å². The van der Waals surface area contributed by atoms with Gasteiger partial charge in [-0.05, 0) is 161 Å². The van der Waals surface area contributed by atoms with Crippen LogP contribution in [-0.2, 0) is 4.74 Å². The molecule has 6 aliphatic carbocycles. The van der Waals surface area contributed by atoms with Crippen LogP contribution in [0.3, 0.4) is 0 Å². The largest absolute Gasteiger partial charge is 0.371 e. The van der Waals surface area contributed by atoms with E-state index in [0.717, 1.165) is 41.4 Å². The number of hydrogen-bond acceptors (Lipinski definition) is 5. The average Bonchev–Trinajstić information content (AvgIpc) is 3.29. The molecule has 0 aromatic heterocycles. The predicted octanol–water partition coefficient (Wildman–Crippen LogP) is 10.9. The van der Waals surface area contributed by atoms with Crippen molar-refractivity contribution in [3.05, 3.63) is 91.0 Å². The van der Waals surface area contributed by atoms with Crippen molar-refractivity contribution in [3.63, 3.8) is 0 Å². The van der Waals surface area contributed by atoms with Gasteiger partial charge in [-0.3, -0.25) is 0 Å². The van der Waals surface area contributed by atoms with Crippen molar-refractivity contribution in [1.29, 1.82) is 0 Å². The van der Waals surface area contributed by atoms with Crippen molar-refractivity contribution in [1.82, 2.24) is 5.32 Å². The highest BCUT2D eigenvalue weighted by molar-refractivity contribution is 5.58. The average molecular weight is 779 g/mol. The monoisotopic (exact) mass is 779 g/mol. The van der Waals surface area contributed by atoms with E-state index in [9.17, 15) is 0 Å². The zero-order chi connectivity index (χ0) is 38.2. The lowest BCUT2D eigenvalue weighted by Gasteiger charge is -2.66. The Hall–Kier alpha value is -3.02.